The largest absolute Gasteiger partial charge is 0.383 e. The lowest BCUT2D eigenvalue weighted by Crippen LogP contribution is -2.47. The molecule has 0 radical (unpaired) electrons. The number of rotatable bonds is 7. The van der Waals surface area contributed by atoms with Crippen LogP contribution in [0.2, 0.25) is 0 Å². The molecule has 3 rings (SSSR count). The Kier molecular flexibility index (Phi) is 6.49. The molecule has 1 unspecified atom stereocenters. The summed E-state index contributed by atoms with van der Waals surface area (Å²) in [5.74, 6) is -0.168. The second-order valence-electron chi connectivity index (χ2n) is 7.67. The first kappa shape index (κ1) is 20.8. The molecule has 1 atom stereocenters. The van der Waals surface area contributed by atoms with Gasteiger partial charge in [-0.05, 0) is 30.5 Å². The number of ether oxygens (including phenoxy) is 1. The highest BCUT2D eigenvalue weighted by molar-refractivity contribution is 5.96. The highest BCUT2D eigenvalue weighted by atomic mass is 16.6. The van der Waals surface area contributed by atoms with Crippen LogP contribution >= 0.6 is 0 Å². The lowest BCUT2D eigenvalue weighted by molar-refractivity contribution is -0.384. The number of carbonyl (C=O) groups is 1. The standard InChI is InChI=1S/C22H27N3O4/c1-22(18-7-4-3-5-8-18)11-6-13-24(16-22)21(26)17-9-10-19(23-12-14-29-2)20(15-17)25(27)28/h3-5,7-10,15,23H,6,11-14,16H2,1-2H3. The Morgan fingerprint density at radius 1 is 1.28 bits per heavy atom. The van der Waals surface area contributed by atoms with Crippen LogP contribution in [0.15, 0.2) is 48.5 Å². The van der Waals surface area contributed by atoms with Crippen molar-refractivity contribution in [3.63, 3.8) is 0 Å². The topological polar surface area (TPSA) is 84.7 Å². The fraction of sp³-hybridized carbons (Fsp3) is 0.409. The van der Waals surface area contributed by atoms with Gasteiger partial charge in [-0.25, -0.2) is 0 Å². The highest BCUT2D eigenvalue weighted by Gasteiger charge is 2.35. The summed E-state index contributed by atoms with van der Waals surface area (Å²) in [5.41, 5.74) is 1.71. The number of hydrogen-bond donors (Lipinski definition) is 1. The van der Waals surface area contributed by atoms with Gasteiger partial charge in [0.25, 0.3) is 11.6 Å². The first-order valence-electron chi connectivity index (χ1n) is 9.81. The van der Waals surface area contributed by atoms with E-state index in [1.165, 1.54) is 11.6 Å². The summed E-state index contributed by atoms with van der Waals surface area (Å²) in [4.78, 5) is 26.0. The molecule has 1 aliphatic rings. The minimum atomic E-state index is -0.462. The number of nitro benzene ring substituents is 1. The van der Waals surface area contributed by atoms with Gasteiger partial charge in [0.1, 0.15) is 5.69 Å². The predicted molar refractivity (Wildman–Crippen MR) is 112 cm³/mol. The molecule has 0 aliphatic carbocycles. The molecule has 1 N–H and O–H groups in total. The van der Waals surface area contributed by atoms with E-state index in [0.717, 1.165) is 12.8 Å². The normalized spacial score (nSPS) is 19.0. The number of nitro groups is 1. The number of nitrogens with zero attached hydrogens (tertiary/aromatic N) is 2. The lowest BCUT2D eigenvalue weighted by Gasteiger charge is -2.41. The van der Waals surface area contributed by atoms with Gasteiger partial charge in [-0.2, -0.15) is 0 Å². The number of methoxy groups -OCH3 is 1. The molecule has 0 saturated carbocycles. The third-order valence-electron chi connectivity index (χ3n) is 5.52. The Bertz CT molecular complexity index is 872. The van der Waals surface area contributed by atoms with Crippen LogP contribution < -0.4 is 5.32 Å². The van der Waals surface area contributed by atoms with Crippen LogP contribution in [0, 0.1) is 10.1 Å². The van der Waals surface area contributed by atoms with E-state index in [4.69, 9.17) is 4.74 Å². The van der Waals surface area contributed by atoms with E-state index in [2.05, 4.69) is 24.4 Å². The second kappa shape index (κ2) is 9.05. The summed E-state index contributed by atoms with van der Waals surface area (Å²) in [6.07, 6.45) is 1.90. The monoisotopic (exact) mass is 397 g/mol. The number of piperidine rings is 1. The van der Waals surface area contributed by atoms with E-state index < -0.39 is 4.92 Å². The van der Waals surface area contributed by atoms with Crippen molar-refractivity contribution in [1.29, 1.82) is 0 Å². The Morgan fingerprint density at radius 2 is 2.03 bits per heavy atom. The van der Waals surface area contributed by atoms with Crippen molar-refractivity contribution in [2.24, 2.45) is 0 Å². The third-order valence-corrected chi connectivity index (χ3v) is 5.52. The molecule has 29 heavy (non-hydrogen) atoms. The predicted octanol–water partition coefficient (Wildman–Crippen LogP) is 3.85. The number of likely N-dealkylation sites (tertiary alicyclic amines) is 1. The van der Waals surface area contributed by atoms with Crippen molar-refractivity contribution < 1.29 is 14.5 Å². The lowest BCUT2D eigenvalue weighted by atomic mass is 9.76. The fourth-order valence-corrected chi connectivity index (χ4v) is 3.92. The van der Waals surface area contributed by atoms with Gasteiger partial charge in [0.15, 0.2) is 0 Å². The molecule has 0 bridgehead atoms. The van der Waals surface area contributed by atoms with Gasteiger partial charge in [-0.1, -0.05) is 37.3 Å². The zero-order valence-electron chi connectivity index (χ0n) is 16.9. The van der Waals surface area contributed by atoms with Crippen LogP contribution in [0.5, 0.6) is 0 Å². The highest BCUT2D eigenvalue weighted by Crippen LogP contribution is 2.34. The number of anilines is 1. The molecule has 2 aromatic carbocycles. The van der Waals surface area contributed by atoms with Crippen LogP contribution in [0.3, 0.4) is 0 Å². The van der Waals surface area contributed by atoms with Crippen molar-refractivity contribution in [3.8, 4) is 0 Å². The number of nitrogens with one attached hydrogen (secondary N) is 1. The molecule has 0 aromatic heterocycles. The molecule has 1 amide bonds. The van der Waals surface area contributed by atoms with E-state index in [9.17, 15) is 14.9 Å². The maximum Gasteiger partial charge on any atom is 0.293 e. The second-order valence-corrected chi connectivity index (χ2v) is 7.67. The zero-order valence-corrected chi connectivity index (χ0v) is 16.9. The number of benzene rings is 2. The van der Waals surface area contributed by atoms with E-state index >= 15 is 0 Å². The van der Waals surface area contributed by atoms with Crippen molar-refractivity contribution >= 4 is 17.3 Å². The first-order chi connectivity index (χ1) is 13.9. The molecule has 0 spiro atoms. The average Bonchev–Trinajstić information content (AvgIpc) is 2.74. The Balaban J connectivity index is 1.80. The summed E-state index contributed by atoms with van der Waals surface area (Å²) < 4.78 is 4.97. The molecular weight excluding hydrogens is 370 g/mol. The maximum atomic E-state index is 13.1. The van der Waals surface area contributed by atoms with Crippen molar-refractivity contribution in [2.75, 3.05) is 38.7 Å². The number of carbonyl (C=O) groups excluding carboxylic acids is 1. The van der Waals surface area contributed by atoms with Crippen LogP contribution in [-0.2, 0) is 10.2 Å². The number of hydrogen-bond acceptors (Lipinski definition) is 5. The van der Waals surface area contributed by atoms with Crippen LogP contribution in [0.1, 0.15) is 35.7 Å². The summed E-state index contributed by atoms with van der Waals surface area (Å²) in [6.45, 7) is 4.31. The summed E-state index contributed by atoms with van der Waals surface area (Å²) >= 11 is 0. The van der Waals surface area contributed by atoms with Gasteiger partial charge in [0, 0.05) is 43.8 Å². The molecular formula is C22H27N3O4. The molecule has 1 aliphatic heterocycles. The molecule has 154 valence electrons. The van der Waals surface area contributed by atoms with Gasteiger partial charge >= 0.3 is 0 Å². The summed E-state index contributed by atoms with van der Waals surface area (Å²) in [7, 11) is 1.57. The van der Waals surface area contributed by atoms with Gasteiger partial charge < -0.3 is 15.0 Å². The third kappa shape index (κ3) is 4.74. The number of amides is 1. The Hall–Kier alpha value is -2.93. The van der Waals surface area contributed by atoms with Gasteiger partial charge in [-0.3, -0.25) is 14.9 Å². The summed E-state index contributed by atoms with van der Waals surface area (Å²) in [5, 5.41) is 14.5. The zero-order chi connectivity index (χ0) is 20.9. The van der Waals surface area contributed by atoms with Gasteiger partial charge in [0.2, 0.25) is 0 Å². The van der Waals surface area contributed by atoms with E-state index in [1.807, 2.05) is 23.1 Å². The van der Waals surface area contributed by atoms with Gasteiger partial charge in [0.05, 0.1) is 11.5 Å². The first-order valence-corrected chi connectivity index (χ1v) is 9.81. The smallest absolute Gasteiger partial charge is 0.293 e. The van der Waals surface area contributed by atoms with Crippen molar-refractivity contribution in [3.05, 3.63) is 69.8 Å². The van der Waals surface area contributed by atoms with Crippen LogP contribution in [0.25, 0.3) is 0 Å². The molecule has 1 saturated heterocycles. The van der Waals surface area contributed by atoms with Crippen LogP contribution in [0.4, 0.5) is 11.4 Å². The maximum absolute atomic E-state index is 13.1. The van der Waals surface area contributed by atoms with E-state index in [0.29, 0.717) is 37.5 Å². The quantitative estimate of drug-likeness (QED) is 0.436. The molecule has 7 heteroatoms. The molecule has 1 fully saturated rings. The Labute approximate surface area is 170 Å². The van der Waals surface area contributed by atoms with Crippen molar-refractivity contribution in [1.82, 2.24) is 4.90 Å². The fourth-order valence-electron chi connectivity index (χ4n) is 3.92. The van der Waals surface area contributed by atoms with Crippen molar-refractivity contribution in [2.45, 2.75) is 25.2 Å². The summed E-state index contributed by atoms with van der Waals surface area (Å²) in [6, 6.07) is 14.8. The minimum absolute atomic E-state index is 0.102. The molecule has 1 heterocycles. The van der Waals surface area contributed by atoms with Crippen LogP contribution in [-0.4, -0.2) is 49.1 Å². The van der Waals surface area contributed by atoms with Gasteiger partial charge in [-0.15, -0.1) is 0 Å². The minimum Gasteiger partial charge on any atom is -0.383 e. The Morgan fingerprint density at radius 3 is 2.72 bits per heavy atom. The SMILES string of the molecule is COCCNc1ccc(C(=O)N2CCCC(C)(c3ccccc3)C2)cc1[N+](=O)[O-]. The molecule has 2 aromatic rings. The van der Waals surface area contributed by atoms with E-state index in [-0.39, 0.29) is 17.0 Å². The van der Waals surface area contributed by atoms with E-state index in [1.54, 1.807) is 19.2 Å². The average molecular weight is 397 g/mol. The molecule has 7 nitrogen and oxygen atoms in total.